The monoisotopic (exact) mass is 335 g/mol. The molecule has 0 saturated carbocycles. The number of nitrogens with zero attached hydrogens (tertiary/aromatic N) is 1. The molecule has 0 aliphatic heterocycles. The molecule has 0 atom stereocenters. The average molecular weight is 336 g/mol. The third-order valence-corrected chi connectivity index (χ3v) is 2.79. The summed E-state index contributed by atoms with van der Waals surface area (Å²) in [7, 11) is 1.00. The number of fused-ring (bicyclic) bond motifs is 1. The Morgan fingerprint density at radius 1 is 1.26 bits per heavy atom. The fourth-order valence-electron chi connectivity index (χ4n) is 1.66. The first kappa shape index (κ1) is 18.3. The summed E-state index contributed by atoms with van der Waals surface area (Å²) >= 11 is 5.91. The molecule has 1 aromatic carbocycles. The number of benzene rings is 1. The van der Waals surface area contributed by atoms with E-state index in [0.717, 1.165) is 7.11 Å². The summed E-state index contributed by atoms with van der Waals surface area (Å²) in [5.41, 5.74) is 0.370. The van der Waals surface area contributed by atoms with Gasteiger partial charge in [0.05, 0.1) is 11.8 Å². The van der Waals surface area contributed by atoms with Crippen LogP contribution in [-0.4, -0.2) is 34.5 Å². The molecule has 0 aliphatic rings. The van der Waals surface area contributed by atoms with Crippen molar-refractivity contribution in [3.63, 3.8) is 0 Å². The molecule has 0 amide bonds. The lowest BCUT2D eigenvalue weighted by atomic mass is 10.2. The van der Waals surface area contributed by atoms with Gasteiger partial charge in [-0.25, -0.2) is 9.78 Å². The van der Waals surface area contributed by atoms with Crippen LogP contribution in [-0.2, 0) is 0 Å². The number of carboxylic acids is 1. The highest BCUT2D eigenvalue weighted by Gasteiger charge is 2.14. The van der Waals surface area contributed by atoms with Crippen molar-refractivity contribution < 1.29 is 25.2 Å². The quantitative estimate of drug-likeness (QED) is 0.436. The minimum Gasteiger partial charge on any atom is -0.476 e. The fourth-order valence-corrected chi connectivity index (χ4v) is 1.84. The van der Waals surface area contributed by atoms with Gasteiger partial charge in [0.2, 0.25) is 0 Å². The van der Waals surface area contributed by atoms with E-state index in [1.165, 1.54) is 12.5 Å². The Kier molecular flexibility index (Phi) is 7.45. The number of hydrogen-bond donors (Lipinski definition) is 3. The van der Waals surface area contributed by atoms with Gasteiger partial charge >= 0.3 is 5.97 Å². The van der Waals surface area contributed by atoms with Gasteiger partial charge in [-0.3, -0.25) is 5.41 Å². The zero-order valence-electron chi connectivity index (χ0n) is 12.3. The van der Waals surface area contributed by atoms with E-state index in [9.17, 15) is 9.90 Å². The van der Waals surface area contributed by atoms with E-state index in [0.29, 0.717) is 15.9 Å². The van der Waals surface area contributed by atoms with Crippen molar-refractivity contribution in [2.75, 3.05) is 7.11 Å². The average Bonchev–Trinajstić information content (AvgIpc) is 2.55. The van der Waals surface area contributed by atoms with E-state index in [1.807, 2.05) is 0 Å². The molecule has 6 nitrogen and oxygen atoms in total. The number of carbonyl (C=O) groups is 1. The molecule has 0 bridgehead atoms. The highest BCUT2D eigenvalue weighted by molar-refractivity contribution is 6.31. The number of ether oxygens (including phenoxy) is 1. The normalized spacial score (nSPS) is 10.6. The molecule has 2 rings (SSSR count). The Morgan fingerprint density at radius 3 is 2.65 bits per heavy atom. The molecule has 23 heavy (non-hydrogen) atoms. The van der Waals surface area contributed by atoms with E-state index < -0.39 is 5.97 Å². The third-order valence-electron chi connectivity index (χ3n) is 2.55. The number of pyridine rings is 1. The highest BCUT2D eigenvalue weighted by Crippen LogP contribution is 2.25. The van der Waals surface area contributed by atoms with Crippen LogP contribution in [0.3, 0.4) is 0 Å². The molecule has 0 spiro atoms. The molecule has 1 aromatic heterocycles. The maximum atomic E-state index is 11.2. The van der Waals surface area contributed by atoms with E-state index in [2.05, 4.69) is 4.98 Å². The lowest BCUT2D eigenvalue weighted by molar-refractivity contribution is -0.104. The Morgan fingerprint density at radius 2 is 2.00 bits per heavy atom. The molecule has 0 unspecified atom stereocenters. The highest BCUT2D eigenvalue weighted by atomic mass is 35.5. The molecule has 7 heteroatoms. The number of carboxylic acid groups (broad SMARTS) is 1. The summed E-state index contributed by atoms with van der Waals surface area (Å²) in [4.78, 5) is 15.3. The second-order valence-corrected chi connectivity index (χ2v) is 4.44. The Hall–Kier alpha value is -2.70. The Labute approximate surface area is 137 Å². The second-order valence-electron chi connectivity index (χ2n) is 4.00. The van der Waals surface area contributed by atoms with Crippen LogP contribution in [0.2, 0.25) is 5.02 Å². The molecular weight excluding hydrogens is 320 g/mol. The van der Waals surface area contributed by atoms with Crippen molar-refractivity contribution in [1.82, 2.24) is 4.98 Å². The van der Waals surface area contributed by atoms with Gasteiger partial charge in [0.25, 0.3) is 0 Å². The number of hydrogen-bond acceptors (Lipinski definition) is 4. The number of rotatable bonds is 5. The van der Waals surface area contributed by atoms with E-state index in [1.54, 1.807) is 42.5 Å². The van der Waals surface area contributed by atoms with Gasteiger partial charge in [0, 0.05) is 23.6 Å². The first-order chi connectivity index (χ1) is 11.1. The smallest absolute Gasteiger partial charge is 0.358 e. The largest absolute Gasteiger partial charge is 0.476 e. The molecule has 4 N–H and O–H groups in total. The predicted octanol–water partition coefficient (Wildman–Crippen LogP) is 1.47. The van der Waals surface area contributed by atoms with E-state index in [4.69, 9.17) is 26.9 Å². The zero-order valence-corrected chi connectivity index (χ0v) is 13.1. The van der Waals surface area contributed by atoms with Crippen molar-refractivity contribution in [3.8, 4) is 5.75 Å². The van der Waals surface area contributed by atoms with Crippen molar-refractivity contribution >= 4 is 34.7 Å². The number of halogens is 1. The van der Waals surface area contributed by atoms with Crippen LogP contribution < -0.4 is 10.1 Å². The molecule has 0 radical (unpaired) electrons. The predicted molar refractivity (Wildman–Crippen MR) is 88.8 cm³/mol. The van der Waals surface area contributed by atoms with Crippen LogP contribution in [0.5, 0.6) is 5.75 Å². The molecule has 0 saturated heterocycles. The second kappa shape index (κ2) is 9.34. The van der Waals surface area contributed by atoms with Gasteiger partial charge in [-0.05, 0) is 30.3 Å². The topological polar surface area (TPSA) is 105 Å². The molecule has 0 aliphatic carbocycles. The van der Waals surface area contributed by atoms with Crippen molar-refractivity contribution in [2.45, 2.75) is 0 Å². The van der Waals surface area contributed by atoms with Gasteiger partial charge in [-0.15, -0.1) is 0 Å². The zero-order chi connectivity index (χ0) is 17.2. The third kappa shape index (κ3) is 5.21. The summed E-state index contributed by atoms with van der Waals surface area (Å²) in [5.74, 6) is -1.03. The van der Waals surface area contributed by atoms with Crippen LogP contribution >= 0.6 is 11.6 Å². The minimum atomic E-state index is -1.17. The fraction of sp³-hybridized carbons (Fsp3) is 0.0625. The van der Waals surface area contributed by atoms with Crippen LogP contribution in [0.1, 0.15) is 10.5 Å². The Bertz CT molecular complexity index is 757. The van der Waals surface area contributed by atoms with Gasteiger partial charge in [-0.2, -0.15) is 0 Å². The lowest BCUT2D eigenvalue weighted by Gasteiger charge is -2.06. The van der Waals surface area contributed by atoms with Crippen molar-refractivity contribution in [3.05, 3.63) is 59.5 Å². The summed E-state index contributed by atoms with van der Waals surface area (Å²) < 4.78 is 5.32. The SMILES string of the molecule is CO.[NH2+]=C/C=C\C=C/Oc1cc2cc(Cl)ccc2nc1C(=O)O. The van der Waals surface area contributed by atoms with E-state index >= 15 is 0 Å². The standard InChI is InChI=1S/C15H11ClN2O3.CH4O/c16-11-4-5-12-10(8-11)9-13(14(18-12)15(19)20)21-7-3-1-2-6-17;1-2/h1-9,17H,(H,19,20);2H,1H3/p+1/b2-1-,7-3-,17-6?;. The maximum Gasteiger partial charge on any atom is 0.358 e. The maximum absolute atomic E-state index is 11.2. The number of aromatic carboxylic acids is 1. The lowest BCUT2D eigenvalue weighted by Crippen LogP contribution is -2.27. The molecule has 0 fully saturated rings. The van der Waals surface area contributed by atoms with Crippen molar-refractivity contribution in [1.29, 1.82) is 0 Å². The molecule has 2 aromatic rings. The number of aliphatic hydroxyl groups excluding tert-OH is 1. The molecule has 120 valence electrons. The number of aromatic nitrogens is 1. The number of allylic oxidation sites excluding steroid dienone is 3. The van der Waals surface area contributed by atoms with Crippen LogP contribution in [0.25, 0.3) is 10.9 Å². The van der Waals surface area contributed by atoms with Crippen LogP contribution in [0.15, 0.2) is 48.8 Å². The minimum absolute atomic E-state index is 0.138. The number of nitrogens with two attached hydrogens (primary N) is 1. The van der Waals surface area contributed by atoms with Gasteiger partial charge in [0.15, 0.2) is 17.7 Å². The van der Waals surface area contributed by atoms with Crippen LogP contribution in [0, 0.1) is 0 Å². The van der Waals surface area contributed by atoms with Gasteiger partial charge < -0.3 is 14.9 Å². The first-order valence-corrected chi connectivity index (χ1v) is 6.81. The number of aliphatic hydroxyl groups is 1. The van der Waals surface area contributed by atoms with Gasteiger partial charge in [0.1, 0.15) is 0 Å². The summed E-state index contributed by atoms with van der Waals surface area (Å²) in [6.07, 6.45) is 7.55. The Balaban J connectivity index is 0.00000127. The summed E-state index contributed by atoms with van der Waals surface area (Å²) in [6, 6.07) is 6.58. The summed E-state index contributed by atoms with van der Waals surface area (Å²) in [6.45, 7) is 0. The van der Waals surface area contributed by atoms with Gasteiger partial charge in [-0.1, -0.05) is 17.7 Å². The first-order valence-electron chi connectivity index (χ1n) is 6.43. The summed E-state index contributed by atoms with van der Waals surface area (Å²) in [5, 5.41) is 22.6. The van der Waals surface area contributed by atoms with Crippen LogP contribution in [0.4, 0.5) is 0 Å². The molecule has 1 heterocycles. The van der Waals surface area contributed by atoms with Crippen molar-refractivity contribution in [2.24, 2.45) is 0 Å². The van der Waals surface area contributed by atoms with E-state index in [-0.39, 0.29) is 11.4 Å². The molecular formula is C16H16ClN2O4+.